The maximum absolute atomic E-state index is 13.1. The summed E-state index contributed by atoms with van der Waals surface area (Å²) in [5.74, 6) is -0.0889. The Morgan fingerprint density at radius 1 is 1.06 bits per heavy atom. The molecule has 0 unspecified atom stereocenters. The largest absolute Gasteiger partial charge is 0.449 e. The van der Waals surface area contributed by atoms with Gasteiger partial charge in [-0.15, -0.1) is 0 Å². The van der Waals surface area contributed by atoms with E-state index in [1.807, 2.05) is 32.0 Å². The van der Waals surface area contributed by atoms with Gasteiger partial charge in [0.15, 0.2) is 0 Å². The van der Waals surface area contributed by atoms with E-state index < -0.39 is 0 Å². The summed E-state index contributed by atoms with van der Waals surface area (Å²) in [4.78, 5) is 37.5. The van der Waals surface area contributed by atoms with Crippen LogP contribution in [0.25, 0.3) is 22.2 Å². The molecule has 4 rings (SSSR count). The molecule has 7 nitrogen and oxygen atoms in total. The molecule has 3 aromatic rings. The van der Waals surface area contributed by atoms with E-state index >= 15 is 0 Å². The summed E-state index contributed by atoms with van der Waals surface area (Å²) in [5, 5.41) is 1.36. The average Bonchev–Trinajstić information content (AvgIpc) is 2.81. The number of benzene rings is 1. The molecule has 8 heteroatoms. The minimum Gasteiger partial charge on any atom is -0.449 e. The summed E-state index contributed by atoms with van der Waals surface area (Å²) in [6.07, 6.45) is 4.00. The Balaban J connectivity index is 1.53. The van der Waals surface area contributed by atoms with E-state index in [1.165, 1.54) is 0 Å². The fourth-order valence-electron chi connectivity index (χ4n) is 3.72. The van der Waals surface area contributed by atoms with Gasteiger partial charge in [-0.25, -0.2) is 9.78 Å². The van der Waals surface area contributed by atoms with Crippen LogP contribution >= 0.6 is 11.6 Å². The molecule has 0 aliphatic carbocycles. The molecule has 0 bridgehead atoms. The maximum Gasteiger partial charge on any atom is 0.409 e. The molecule has 1 aliphatic rings. The molecule has 2 aromatic heterocycles. The van der Waals surface area contributed by atoms with E-state index in [2.05, 4.69) is 4.98 Å². The van der Waals surface area contributed by atoms with Crippen LogP contribution in [0.15, 0.2) is 42.7 Å². The number of pyridine rings is 2. The summed E-state index contributed by atoms with van der Waals surface area (Å²) >= 11 is 6.51. The molecule has 0 radical (unpaired) electrons. The lowest BCUT2D eigenvalue weighted by Gasteiger charge is -2.34. The Labute approximate surface area is 192 Å². The Bertz CT molecular complexity index is 1160. The van der Waals surface area contributed by atoms with E-state index in [-0.39, 0.29) is 12.0 Å². The molecule has 1 aliphatic heterocycles. The fourth-order valence-corrected chi connectivity index (χ4v) is 3.98. The highest BCUT2D eigenvalue weighted by Crippen LogP contribution is 2.29. The lowest BCUT2D eigenvalue weighted by molar-refractivity contribution is 0.0560. The van der Waals surface area contributed by atoms with Crippen molar-refractivity contribution in [2.45, 2.75) is 20.3 Å². The van der Waals surface area contributed by atoms with E-state index in [0.29, 0.717) is 54.6 Å². The fraction of sp³-hybridized carbons (Fsp3) is 0.333. The Morgan fingerprint density at radius 2 is 1.81 bits per heavy atom. The molecule has 0 N–H and O–H groups in total. The van der Waals surface area contributed by atoms with Crippen LogP contribution in [0.1, 0.15) is 29.3 Å². The van der Waals surface area contributed by atoms with Crippen LogP contribution in [0.3, 0.4) is 0 Å². The lowest BCUT2D eigenvalue weighted by atomic mass is 10.1. The van der Waals surface area contributed by atoms with Gasteiger partial charge in [-0.05, 0) is 43.2 Å². The van der Waals surface area contributed by atoms with E-state index in [1.54, 1.807) is 34.3 Å². The quantitative estimate of drug-likeness (QED) is 0.579. The SMILES string of the molecule is CCCOC(=O)N1CCN(C(=O)c2ccc3c(Cl)cc(-c4cncc(C)c4)nc3c2)CC1. The zero-order valence-electron chi connectivity index (χ0n) is 18.2. The first-order chi connectivity index (χ1) is 15.5. The normalized spacial score (nSPS) is 14.0. The molecule has 1 aromatic carbocycles. The van der Waals surface area contributed by atoms with Gasteiger partial charge < -0.3 is 14.5 Å². The second-order valence-corrected chi connectivity index (χ2v) is 8.27. The van der Waals surface area contributed by atoms with Crippen LogP contribution in [0, 0.1) is 6.92 Å². The number of amides is 2. The first-order valence-corrected chi connectivity index (χ1v) is 11.1. The van der Waals surface area contributed by atoms with Crippen LogP contribution in [0.2, 0.25) is 5.02 Å². The third-order valence-corrected chi connectivity index (χ3v) is 5.74. The first kappa shape index (κ1) is 22.0. The molecule has 166 valence electrons. The number of nitrogens with zero attached hydrogens (tertiary/aromatic N) is 4. The molecule has 0 atom stereocenters. The van der Waals surface area contributed by atoms with E-state index in [4.69, 9.17) is 21.3 Å². The van der Waals surface area contributed by atoms with Crippen molar-refractivity contribution >= 4 is 34.5 Å². The van der Waals surface area contributed by atoms with Gasteiger partial charge in [-0.3, -0.25) is 9.78 Å². The number of carbonyl (C=O) groups excluding carboxylic acids is 2. The van der Waals surface area contributed by atoms with Gasteiger partial charge in [0, 0.05) is 55.1 Å². The number of ether oxygens (including phenoxy) is 1. The summed E-state index contributed by atoms with van der Waals surface area (Å²) in [7, 11) is 0. The highest BCUT2D eigenvalue weighted by atomic mass is 35.5. The standard InChI is InChI=1S/C24H25ClN4O3/c1-3-10-32-24(31)29-8-6-28(7-9-29)23(30)17-4-5-19-20(25)13-21(27-22(19)12-17)18-11-16(2)14-26-15-18/h4-5,11-15H,3,6-10H2,1-2H3. The molecule has 3 heterocycles. The van der Waals surface area contributed by atoms with Crippen LogP contribution in [-0.2, 0) is 4.74 Å². The Morgan fingerprint density at radius 3 is 2.53 bits per heavy atom. The number of piperazine rings is 1. The van der Waals surface area contributed by atoms with Gasteiger partial charge >= 0.3 is 6.09 Å². The van der Waals surface area contributed by atoms with Crippen molar-refractivity contribution < 1.29 is 14.3 Å². The Hall–Kier alpha value is -3.19. The van der Waals surface area contributed by atoms with Crippen molar-refractivity contribution in [1.29, 1.82) is 0 Å². The third kappa shape index (κ3) is 4.67. The molecule has 2 amide bonds. The number of halogens is 1. The predicted octanol–water partition coefficient (Wildman–Crippen LogP) is 4.56. The highest BCUT2D eigenvalue weighted by molar-refractivity contribution is 6.35. The van der Waals surface area contributed by atoms with Crippen LogP contribution < -0.4 is 0 Å². The number of aryl methyl sites for hydroxylation is 1. The zero-order valence-corrected chi connectivity index (χ0v) is 18.9. The van der Waals surface area contributed by atoms with Crippen molar-refractivity contribution in [3.63, 3.8) is 0 Å². The molecule has 32 heavy (non-hydrogen) atoms. The van der Waals surface area contributed by atoms with Gasteiger partial charge in [0.05, 0.1) is 22.8 Å². The van der Waals surface area contributed by atoms with Gasteiger partial charge in [-0.1, -0.05) is 24.6 Å². The van der Waals surface area contributed by atoms with Crippen molar-refractivity contribution in [1.82, 2.24) is 19.8 Å². The van der Waals surface area contributed by atoms with Crippen LogP contribution in [0.5, 0.6) is 0 Å². The lowest BCUT2D eigenvalue weighted by Crippen LogP contribution is -2.50. The smallest absolute Gasteiger partial charge is 0.409 e. The first-order valence-electron chi connectivity index (χ1n) is 10.7. The summed E-state index contributed by atoms with van der Waals surface area (Å²) in [6.45, 7) is 6.16. The molecular formula is C24H25ClN4O3. The van der Waals surface area contributed by atoms with Crippen molar-refractivity contribution in [2.24, 2.45) is 0 Å². The highest BCUT2D eigenvalue weighted by Gasteiger charge is 2.26. The molecular weight excluding hydrogens is 428 g/mol. The second-order valence-electron chi connectivity index (χ2n) is 7.87. The number of fused-ring (bicyclic) bond motifs is 1. The average molecular weight is 453 g/mol. The third-order valence-electron chi connectivity index (χ3n) is 5.43. The maximum atomic E-state index is 13.1. The number of hydrogen-bond acceptors (Lipinski definition) is 5. The van der Waals surface area contributed by atoms with E-state index in [0.717, 1.165) is 22.9 Å². The molecule has 0 spiro atoms. The van der Waals surface area contributed by atoms with Crippen molar-refractivity contribution in [3.8, 4) is 11.3 Å². The van der Waals surface area contributed by atoms with Crippen molar-refractivity contribution in [2.75, 3.05) is 32.8 Å². The van der Waals surface area contributed by atoms with Gasteiger partial charge in [-0.2, -0.15) is 0 Å². The number of aromatic nitrogens is 2. The number of carbonyl (C=O) groups is 2. The molecule has 0 saturated carbocycles. The topological polar surface area (TPSA) is 75.6 Å². The summed E-state index contributed by atoms with van der Waals surface area (Å²) in [5.41, 5.74) is 3.81. The minimum atomic E-state index is -0.318. The summed E-state index contributed by atoms with van der Waals surface area (Å²) in [6, 6.07) is 9.19. The van der Waals surface area contributed by atoms with Gasteiger partial charge in [0.1, 0.15) is 0 Å². The number of hydrogen-bond donors (Lipinski definition) is 0. The summed E-state index contributed by atoms with van der Waals surface area (Å²) < 4.78 is 5.18. The van der Waals surface area contributed by atoms with Gasteiger partial charge in [0.2, 0.25) is 0 Å². The van der Waals surface area contributed by atoms with Crippen molar-refractivity contribution in [3.05, 3.63) is 58.9 Å². The minimum absolute atomic E-state index is 0.0889. The number of rotatable bonds is 4. The monoisotopic (exact) mass is 452 g/mol. The van der Waals surface area contributed by atoms with Crippen LogP contribution in [0.4, 0.5) is 4.79 Å². The molecule has 1 saturated heterocycles. The molecule has 1 fully saturated rings. The van der Waals surface area contributed by atoms with E-state index in [9.17, 15) is 9.59 Å². The predicted molar refractivity (Wildman–Crippen MR) is 124 cm³/mol. The zero-order chi connectivity index (χ0) is 22.7. The van der Waals surface area contributed by atoms with Crippen LogP contribution in [-0.4, -0.2) is 64.6 Å². The van der Waals surface area contributed by atoms with Gasteiger partial charge in [0.25, 0.3) is 5.91 Å². The second kappa shape index (κ2) is 9.53. The Kier molecular flexibility index (Phi) is 6.55.